The summed E-state index contributed by atoms with van der Waals surface area (Å²) < 4.78 is 46.1. The molecule has 31 heavy (non-hydrogen) atoms. The quantitative estimate of drug-likeness (QED) is 0.704. The van der Waals surface area contributed by atoms with Gasteiger partial charge in [-0.3, -0.25) is 4.79 Å². The van der Waals surface area contributed by atoms with Gasteiger partial charge in [0.2, 0.25) is 15.9 Å². The Morgan fingerprint density at radius 2 is 1.68 bits per heavy atom. The van der Waals surface area contributed by atoms with Crippen molar-refractivity contribution >= 4 is 15.9 Å². The highest BCUT2D eigenvalue weighted by Gasteiger charge is 2.38. The normalized spacial score (nSPS) is 22.5. The molecule has 0 saturated carbocycles. The zero-order chi connectivity index (χ0) is 22.0. The van der Waals surface area contributed by atoms with E-state index in [-0.39, 0.29) is 35.1 Å². The number of ether oxygens (including phenoxy) is 1. The van der Waals surface area contributed by atoms with Crippen LogP contribution in [0.2, 0.25) is 0 Å². The fraction of sp³-hybridized carbons (Fsp3) is 0.435. The molecule has 0 bridgehead atoms. The number of benzene rings is 2. The van der Waals surface area contributed by atoms with Gasteiger partial charge >= 0.3 is 0 Å². The van der Waals surface area contributed by atoms with E-state index in [1.54, 1.807) is 24.3 Å². The minimum absolute atomic E-state index is 0.0125. The minimum atomic E-state index is -3.68. The average Bonchev–Trinajstić information content (AvgIpc) is 3.29. The highest BCUT2D eigenvalue weighted by Crippen LogP contribution is 2.35. The van der Waals surface area contributed by atoms with Crippen LogP contribution in [0.4, 0.5) is 4.39 Å². The van der Waals surface area contributed by atoms with E-state index in [2.05, 4.69) is 0 Å². The Labute approximate surface area is 182 Å². The number of likely N-dealkylation sites (tertiary alicyclic amines) is 1. The summed E-state index contributed by atoms with van der Waals surface area (Å²) >= 11 is 0. The number of carbonyl (C=O) groups excluding carboxylic acids is 1. The van der Waals surface area contributed by atoms with Crippen LogP contribution < -0.4 is 4.74 Å². The Morgan fingerprint density at radius 3 is 2.35 bits per heavy atom. The molecule has 2 atom stereocenters. The SMILES string of the molecule is COc1ccc(S(=O)(=O)N2CCCC(C(=O)N3CCCC3c3ccc(F)cc3)C2)cc1. The number of methoxy groups -OCH3 is 1. The van der Waals surface area contributed by atoms with Crippen LogP contribution in [-0.2, 0) is 14.8 Å². The zero-order valence-corrected chi connectivity index (χ0v) is 18.4. The maximum Gasteiger partial charge on any atom is 0.243 e. The van der Waals surface area contributed by atoms with Gasteiger partial charge in [-0.1, -0.05) is 12.1 Å². The highest BCUT2D eigenvalue weighted by atomic mass is 32.2. The van der Waals surface area contributed by atoms with Crippen molar-refractivity contribution in [2.75, 3.05) is 26.7 Å². The van der Waals surface area contributed by atoms with Crippen molar-refractivity contribution in [3.8, 4) is 5.75 Å². The number of nitrogens with zero attached hydrogens (tertiary/aromatic N) is 2. The molecule has 1 amide bonds. The molecule has 0 aromatic heterocycles. The first-order chi connectivity index (χ1) is 14.9. The molecule has 2 aromatic rings. The largest absolute Gasteiger partial charge is 0.497 e. The molecule has 2 aromatic carbocycles. The van der Waals surface area contributed by atoms with E-state index in [9.17, 15) is 17.6 Å². The third-order valence-electron chi connectivity index (χ3n) is 6.22. The monoisotopic (exact) mass is 446 g/mol. The summed E-state index contributed by atoms with van der Waals surface area (Å²) in [7, 11) is -2.15. The molecule has 0 N–H and O–H groups in total. The van der Waals surface area contributed by atoms with E-state index in [1.165, 1.54) is 35.7 Å². The van der Waals surface area contributed by atoms with Crippen LogP contribution in [0, 0.1) is 11.7 Å². The van der Waals surface area contributed by atoms with Crippen LogP contribution in [0.3, 0.4) is 0 Å². The van der Waals surface area contributed by atoms with Gasteiger partial charge in [0.15, 0.2) is 0 Å². The fourth-order valence-corrected chi connectivity index (χ4v) is 6.08. The van der Waals surface area contributed by atoms with Gasteiger partial charge in [0.05, 0.1) is 24.0 Å². The molecule has 2 unspecified atom stereocenters. The number of rotatable bonds is 5. The number of hydrogen-bond acceptors (Lipinski definition) is 4. The Kier molecular flexibility index (Phi) is 6.29. The molecule has 0 spiro atoms. The van der Waals surface area contributed by atoms with Crippen LogP contribution in [0.15, 0.2) is 53.4 Å². The average molecular weight is 447 g/mol. The lowest BCUT2D eigenvalue weighted by Crippen LogP contribution is -2.46. The number of piperidine rings is 1. The van der Waals surface area contributed by atoms with Gasteiger partial charge in [0, 0.05) is 19.6 Å². The van der Waals surface area contributed by atoms with Crippen LogP contribution >= 0.6 is 0 Å². The van der Waals surface area contributed by atoms with E-state index in [0.717, 1.165) is 18.4 Å². The number of sulfonamides is 1. The van der Waals surface area contributed by atoms with Gasteiger partial charge in [-0.15, -0.1) is 0 Å². The molecular weight excluding hydrogens is 419 g/mol. The van der Waals surface area contributed by atoms with Crippen LogP contribution in [0.25, 0.3) is 0 Å². The maximum atomic E-state index is 13.4. The molecule has 2 fully saturated rings. The lowest BCUT2D eigenvalue weighted by molar-refractivity contribution is -0.137. The lowest BCUT2D eigenvalue weighted by Gasteiger charge is -2.35. The smallest absolute Gasteiger partial charge is 0.243 e. The topological polar surface area (TPSA) is 66.9 Å². The van der Waals surface area contributed by atoms with E-state index in [1.807, 2.05) is 4.90 Å². The molecule has 8 heteroatoms. The van der Waals surface area contributed by atoms with Gasteiger partial charge in [-0.2, -0.15) is 4.31 Å². The van der Waals surface area contributed by atoms with Crippen molar-refractivity contribution in [2.45, 2.75) is 36.6 Å². The molecule has 2 aliphatic rings. The van der Waals surface area contributed by atoms with E-state index in [4.69, 9.17) is 4.74 Å². The van der Waals surface area contributed by atoms with Crippen LogP contribution in [0.1, 0.15) is 37.3 Å². The Hall–Kier alpha value is -2.45. The van der Waals surface area contributed by atoms with Crippen molar-refractivity contribution < 1.29 is 22.3 Å². The van der Waals surface area contributed by atoms with Gasteiger partial charge in [-0.05, 0) is 67.6 Å². The molecule has 0 radical (unpaired) electrons. The number of amides is 1. The summed E-state index contributed by atoms with van der Waals surface area (Å²) in [6.45, 7) is 1.22. The van der Waals surface area contributed by atoms with Gasteiger partial charge in [0.1, 0.15) is 11.6 Å². The van der Waals surface area contributed by atoms with Crippen molar-refractivity contribution in [3.05, 3.63) is 59.9 Å². The molecular formula is C23H27FN2O4S. The van der Waals surface area contributed by atoms with Gasteiger partial charge < -0.3 is 9.64 Å². The first kappa shape index (κ1) is 21.8. The summed E-state index contributed by atoms with van der Waals surface area (Å²) in [4.78, 5) is 15.4. The number of hydrogen-bond donors (Lipinski definition) is 0. The second-order valence-corrected chi connectivity index (χ2v) is 10.1. The molecule has 166 valence electrons. The van der Waals surface area contributed by atoms with Crippen molar-refractivity contribution in [1.29, 1.82) is 0 Å². The highest BCUT2D eigenvalue weighted by molar-refractivity contribution is 7.89. The fourth-order valence-electron chi connectivity index (χ4n) is 4.56. The molecule has 0 aliphatic carbocycles. The first-order valence-electron chi connectivity index (χ1n) is 10.6. The molecule has 2 aliphatic heterocycles. The van der Waals surface area contributed by atoms with Crippen LogP contribution in [0.5, 0.6) is 5.75 Å². The molecule has 2 saturated heterocycles. The summed E-state index contributed by atoms with van der Waals surface area (Å²) in [5, 5.41) is 0. The number of halogens is 1. The lowest BCUT2D eigenvalue weighted by atomic mass is 9.96. The summed E-state index contributed by atoms with van der Waals surface area (Å²) in [5.74, 6) is -0.0953. The van der Waals surface area contributed by atoms with Crippen molar-refractivity contribution in [3.63, 3.8) is 0 Å². The molecule has 4 rings (SSSR count). The van der Waals surface area contributed by atoms with E-state index >= 15 is 0 Å². The second kappa shape index (κ2) is 8.96. The molecule has 6 nitrogen and oxygen atoms in total. The Bertz CT molecular complexity index is 1020. The van der Waals surface area contributed by atoms with E-state index in [0.29, 0.717) is 31.7 Å². The predicted octanol–water partition coefficient (Wildman–Crippen LogP) is 3.60. The van der Waals surface area contributed by atoms with Crippen LogP contribution in [-0.4, -0.2) is 50.3 Å². The second-order valence-electron chi connectivity index (χ2n) is 8.12. The Balaban J connectivity index is 1.49. The Morgan fingerprint density at radius 1 is 1.00 bits per heavy atom. The van der Waals surface area contributed by atoms with Gasteiger partial charge in [-0.25, -0.2) is 12.8 Å². The molecule has 2 heterocycles. The number of carbonyl (C=O) groups is 1. The standard InChI is InChI=1S/C23H27FN2O4S/c1-30-20-10-12-21(13-11-20)31(28,29)25-14-2-4-18(16-25)23(27)26-15-3-5-22(26)17-6-8-19(24)9-7-17/h6-13,18,22H,2-5,14-16H2,1H3. The summed E-state index contributed by atoms with van der Waals surface area (Å²) in [6, 6.07) is 12.5. The zero-order valence-electron chi connectivity index (χ0n) is 17.5. The summed E-state index contributed by atoms with van der Waals surface area (Å²) in [5.41, 5.74) is 0.922. The first-order valence-corrected chi connectivity index (χ1v) is 12.0. The maximum absolute atomic E-state index is 13.4. The van der Waals surface area contributed by atoms with Crippen molar-refractivity contribution in [1.82, 2.24) is 9.21 Å². The summed E-state index contributed by atoms with van der Waals surface area (Å²) in [6.07, 6.45) is 3.02. The van der Waals surface area contributed by atoms with Crippen molar-refractivity contribution in [2.24, 2.45) is 5.92 Å². The third kappa shape index (κ3) is 4.45. The van der Waals surface area contributed by atoms with Gasteiger partial charge in [0.25, 0.3) is 0 Å². The van der Waals surface area contributed by atoms with E-state index < -0.39 is 10.0 Å². The third-order valence-corrected chi connectivity index (χ3v) is 8.10. The predicted molar refractivity (Wildman–Crippen MR) is 115 cm³/mol. The minimum Gasteiger partial charge on any atom is -0.497 e.